The zero-order valence-electron chi connectivity index (χ0n) is 31.9. The minimum absolute atomic E-state index is 0.0739. The Morgan fingerprint density at radius 2 is 1.76 bits per heavy atom. The molecule has 2 unspecified atom stereocenters. The standard InChI is InChI=1S/C37H56FN7O6/c1-11-45(25(6)7)33(46)28-18-27(38)12-13-30(28)51-32-31(39-22-40-42-32)43-17-16-37(19-43)20-44(21-37)29(23(2)3)14-15-36(9,10)41-35(48)50-26(8)49-34(47)24(4)5/h12-13,18,22-26,29H,11,14-17,19-21H2,1-10H3,(H,41,48). The second-order valence-corrected chi connectivity index (χ2v) is 15.5. The molecule has 0 bridgehead atoms. The Labute approximate surface area is 301 Å². The quantitative estimate of drug-likeness (QED) is 0.171. The summed E-state index contributed by atoms with van der Waals surface area (Å²) in [4.78, 5) is 48.7. The van der Waals surface area contributed by atoms with Crippen molar-refractivity contribution in [1.82, 2.24) is 30.3 Å². The molecule has 1 aromatic heterocycles. The van der Waals surface area contributed by atoms with E-state index in [1.807, 2.05) is 34.6 Å². The molecule has 1 N–H and O–H groups in total. The lowest BCUT2D eigenvalue weighted by atomic mass is 9.76. The first-order valence-corrected chi connectivity index (χ1v) is 18.1. The topological polar surface area (TPSA) is 139 Å². The molecule has 3 heterocycles. The molecule has 0 aliphatic carbocycles. The number of nitrogens with one attached hydrogen (secondary N) is 1. The molecule has 4 rings (SSSR count). The average Bonchev–Trinajstić information content (AvgIpc) is 3.47. The molecule has 13 nitrogen and oxygen atoms in total. The molecule has 51 heavy (non-hydrogen) atoms. The monoisotopic (exact) mass is 713 g/mol. The second kappa shape index (κ2) is 16.5. The van der Waals surface area contributed by atoms with Gasteiger partial charge in [0.25, 0.3) is 11.8 Å². The average molecular weight is 714 g/mol. The van der Waals surface area contributed by atoms with E-state index in [4.69, 9.17) is 14.2 Å². The van der Waals surface area contributed by atoms with Gasteiger partial charge in [0.05, 0.1) is 11.5 Å². The van der Waals surface area contributed by atoms with Crippen LogP contribution in [0, 0.1) is 23.1 Å². The molecule has 2 saturated heterocycles. The maximum absolute atomic E-state index is 14.3. The SMILES string of the molecule is CCN(C(=O)c1cc(F)ccc1Oc1nncnc1N1CCC2(C1)CN(C(CCC(C)(C)NC(=O)OC(C)OC(=O)C(C)C)C(C)C)C2)C(C)C. The first-order chi connectivity index (χ1) is 23.9. The Balaban J connectivity index is 1.37. The van der Waals surface area contributed by atoms with Gasteiger partial charge in [-0.2, -0.15) is 0 Å². The third-order valence-corrected chi connectivity index (χ3v) is 9.76. The van der Waals surface area contributed by atoms with Crippen molar-refractivity contribution >= 4 is 23.8 Å². The molecular formula is C37H56FN7O6. The predicted octanol–water partition coefficient (Wildman–Crippen LogP) is 6.04. The molecule has 2 amide bonds. The van der Waals surface area contributed by atoms with Crippen molar-refractivity contribution in [3.63, 3.8) is 0 Å². The number of anilines is 1. The van der Waals surface area contributed by atoms with Gasteiger partial charge < -0.3 is 29.3 Å². The molecule has 2 aromatic rings. The number of likely N-dealkylation sites (tertiary alicyclic amines) is 1. The lowest BCUT2D eigenvalue weighted by Crippen LogP contribution is -2.62. The third-order valence-electron chi connectivity index (χ3n) is 9.76. The Morgan fingerprint density at radius 1 is 1.06 bits per heavy atom. The summed E-state index contributed by atoms with van der Waals surface area (Å²) in [6.45, 7) is 22.9. The minimum atomic E-state index is -0.978. The van der Waals surface area contributed by atoms with E-state index in [2.05, 4.69) is 44.1 Å². The van der Waals surface area contributed by atoms with Crippen molar-refractivity contribution in [3.05, 3.63) is 35.9 Å². The van der Waals surface area contributed by atoms with Crippen LogP contribution in [0.5, 0.6) is 11.6 Å². The number of hydrogen-bond donors (Lipinski definition) is 1. The van der Waals surface area contributed by atoms with Crippen LogP contribution in [0.15, 0.2) is 24.5 Å². The van der Waals surface area contributed by atoms with Gasteiger partial charge in [-0.05, 0) is 78.0 Å². The summed E-state index contributed by atoms with van der Waals surface area (Å²) in [5, 5.41) is 11.1. The molecule has 2 aliphatic heterocycles. The van der Waals surface area contributed by atoms with Crippen molar-refractivity contribution in [2.24, 2.45) is 17.3 Å². The number of amides is 2. The van der Waals surface area contributed by atoms with E-state index in [0.717, 1.165) is 45.4 Å². The highest BCUT2D eigenvalue weighted by atomic mass is 19.1. The number of esters is 1. The van der Waals surface area contributed by atoms with Gasteiger partial charge >= 0.3 is 12.1 Å². The van der Waals surface area contributed by atoms with E-state index >= 15 is 0 Å². The number of ether oxygens (including phenoxy) is 3. The summed E-state index contributed by atoms with van der Waals surface area (Å²) in [7, 11) is 0. The summed E-state index contributed by atoms with van der Waals surface area (Å²) >= 11 is 0. The van der Waals surface area contributed by atoms with Crippen molar-refractivity contribution in [3.8, 4) is 11.6 Å². The van der Waals surface area contributed by atoms with Crippen LogP contribution in [-0.2, 0) is 14.3 Å². The highest BCUT2D eigenvalue weighted by Crippen LogP contribution is 2.45. The highest BCUT2D eigenvalue weighted by molar-refractivity contribution is 5.97. The van der Waals surface area contributed by atoms with Crippen LogP contribution in [0.1, 0.15) is 98.9 Å². The van der Waals surface area contributed by atoms with Gasteiger partial charge in [-0.1, -0.05) is 27.7 Å². The van der Waals surface area contributed by atoms with Crippen LogP contribution >= 0.6 is 0 Å². The summed E-state index contributed by atoms with van der Waals surface area (Å²) in [5.74, 6) is -0.295. The van der Waals surface area contributed by atoms with Crippen LogP contribution in [-0.4, -0.2) is 99.6 Å². The van der Waals surface area contributed by atoms with Crippen molar-refractivity contribution in [2.45, 2.75) is 112 Å². The lowest BCUT2D eigenvalue weighted by molar-refractivity contribution is -0.168. The van der Waals surface area contributed by atoms with E-state index in [-0.39, 0.29) is 40.5 Å². The molecule has 1 spiro atoms. The number of carbonyl (C=O) groups excluding carboxylic acids is 3. The number of hydrogen-bond acceptors (Lipinski definition) is 11. The van der Waals surface area contributed by atoms with Crippen molar-refractivity contribution in [1.29, 1.82) is 0 Å². The molecule has 2 aliphatic rings. The Bertz CT molecular complexity index is 1530. The van der Waals surface area contributed by atoms with Crippen LogP contribution in [0.3, 0.4) is 0 Å². The summed E-state index contributed by atoms with van der Waals surface area (Å²) in [6, 6.07) is 4.14. The van der Waals surface area contributed by atoms with E-state index in [0.29, 0.717) is 24.3 Å². The largest absolute Gasteiger partial charge is 0.434 e. The highest BCUT2D eigenvalue weighted by Gasteiger charge is 2.50. The maximum Gasteiger partial charge on any atom is 0.410 e. The number of halogens is 1. The van der Waals surface area contributed by atoms with Gasteiger partial charge in [0, 0.05) is 62.7 Å². The molecular weight excluding hydrogens is 657 g/mol. The normalized spacial score (nSPS) is 17.0. The second-order valence-electron chi connectivity index (χ2n) is 15.5. The van der Waals surface area contributed by atoms with Gasteiger partial charge in [0.2, 0.25) is 6.29 Å². The number of benzene rings is 1. The Morgan fingerprint density at radius 3 is 2.39 bits per heavy atom. The number of alkyl carbamates (subject to hydrolysis) is 1. The lowest BCUT2D eigenvalue weighted by Gasteiger charge is -2.53. The first-order valence-electron chi connectivity index (χ1n) is 18.1. The summed E-state index contributed by atoms with van der Waals surface area (Å²) < 4.78 is 31.0. The number of rotatable bonds is 15. The summed E-state index contributed by atoms with van der Waals surface area (Å²) in [6.07, 6.45) is 2.36. The van der Waals surface area contributed by atoms with E-state index in [1.165, 1.54) is 31.5 Å². The molecule has 282 valence electrons. The Hall–Kier alpha value is -4.07. The molecule has 2 fully saturated rings. The minimum Gasteiger partial charge on any atom is -0.434 e. The Kier molecular flexibility index (Phi) is 12.9. The number of carbonyl (C=O) groups is 3. The molecule has 1 aromatic carbocycles. The van der Waals surface area contributed by atoms with Crippen LogP contribution in [0.4, 0.5) is 15.0 Å². The van der Waals surface area contributed by atoms with Gasteiger partial charge in [-0.3, -0.25) is 14.5 Å². The van der Waals surface area contributed by atoms with Crippen LogP contribution in [0.2, 0.25) is 0 Å². The fourth-order valence-electron chi connectivity index (χ4n) is 7.01. The van der Waals surface area contributed by atoms with Crippen LogP contribution < -0.4 is 15.0 Å². The predicted molar refractivity (Wildman–Crippen MR) is 191 cm³/mol. The first kappa shape index (κ1) is 39.7. The molecule has 0 saturated carbocycles. The van der Waals surface area contributed by atoms with E-state index < -0.39 is 29.7 Å². The zero-order chi connectivity index (χ0) is 37.7. The summed E-state index contributed by atoms with van der Waals surface area (Å²) in [5.41, 5.74) is -0.341. The van der Waals surface area contributed by atoms with E-state index in [9.17, 15) is 18.8 Å². The maximum atomic E-state index is 14.3. The van der Waals surface area contributed by atoms with Crippen molar-refractivity contribution in [2.75, 3.05) is 37.6 Å². The zero-order valence-corrected chi connectivity index (χ0v) is 31.9. The van der Waals surface area contributed by atoms with Gasteiger partial charge in [-0.25, -0.2) is 14.2 Å². The third kappa shape index (κ3) is 10.0. The van der Waals surface area contributed by atoms with Crippen molar-refractivity contribution < 1.29 is 33.0 Å². The number of aromatic nitrogens is 3. The van der Waals surface area contributed by atoms with Gasteiger partial charge in [0.1, 0.15) is 17.9 Å². The molecule has 0 radical (unpaired) electrons. The fraction of sp³-hybridized carbons (Fsp3) is 0.676. The molecule has 2 atom stereocenters. The molecule has 14 heteroatoms. The smallest absolute Gasteiger partial charge is 0.410 e. The number of nitrogens with zero attached hydrogens (tertiary/aromatic N) is 6. The van der Waals surface area contributed by atoms with E-state index in [1.54, 1.807) is 18.7 Å². The van der Waals surface area contributed by atoms with Gasteiger partial charge in [-0.15, -0.1) is 10.2 Å². The van der Waals surface area contributed by atoms with Crippen LogP contribution in [0.25, 0.3) is 0 Å². The fourth-order valence-corrected chi connectivity index (χ4v) is 7.01. The van der Waals surface area contributed by atoms with Gasteiger partial charge in [0.15, 0.2) is 5.82 Å².